The van der Waals surface area contributed by atoms with Gasteiger partial charge < -0.3 is 10.2 Å². The largest absolute Gasteiger partial charge is 0.390 e. The van der Waals surface area contributed by atoms with E-state index in [2.05, 4.69) is 0 Å². The van der Waals surface area contributed by atoms with E-state index in [-0.39, 0.29) is 0 Å². The monoisotopic (exact) mass is 290 g/mol. The van der Waals surface area contributed by atoms with Crippen molar-refractivity contribution in [3.63, 3.8) is 0 Å². The molecule has 10 heteroatoms. The molecule has 0 aromatic carbocycles. The van der Waals surface area contributed by atoms with Crippen molar-refractivity contribution in [1.29, 1.82) is 0 Å². The van der Waals surface area contributed by atoms with Gasteiger partial charge in [-0.1, -0.05) is 6.92 Å². The van der Waals surface area contributed by atoms with E-state index in [4.69, 9.17) is 9.11 Å². The highest BCUT2D eigenvalue weighted by atomic mass is 32.2. The summed E-state index contributed by atoms with van der Waals surface area (Å²) in [5.41, 5.74) is 0. The molecule has 0 aromatic rings. The SMILES string of the molecule is CC1C(S(=O)(=O)O)CC(O)C(O)C1S(=O)(=O)O. The second-order valence-corrected chi connectivity index (χ2v) is 7.40. The van der Waals surface area contributed by atoms with Crippen molar-refractivity contribution < 1.29 is 36.2 Å². The zero-order valence-corrected chi connectivity index (χ0v) is 10.5. The molecular formula is C7H14O8S2. The second-order valence-electron chi connectivity index (χ2n) is 4.19. The fourth-order valence-corrected chi connectivity index (χ4v) is 4.69. The Bertz CT molecular complexity index is 480. The van der Waals surface area contributed by atoms with Crippen LogP contribution >= 0.6 is 0 Å². The molecule has 1 aliphatic rings. The van der Waals surface area contributed by atoms with Gasteiger partial charge in [-0.3, -0.25) is 9.11 Å². The van der Waals surface area contributed by atoms with Gasteiger partial charge in [-0.25, -0.2) is 0 Å². The Morgan fingerprint density at radius 3 is 1.82 bits per heavy atom. The molecular weight excluding hydrogens is 276 g/mol. The van der Waals surface area contributed by atoms with Crippen LogP contribution in [0.15, 0.2) is 0 Å². The van der Waals surface area contributed by atoms with Crippen LogP contribution in [-0.4, -0.2) is 58.9 Å². The first-order valence-corrected chi connectivity index (χ1v) is 7.75. The molecule has 8 nitrogen and oxygen atoms in total. The van der Waals surface area contributed by atoms with E-state index in [9.17, 15) is 27.0 Å². The third-order valence-electron chi connectivity index (χ3n) is 3.04. The van der Waals surface area contributed by atoms with Crippen molar-refractivity contribution in [2.45, 2.75) is 36.1 Å². The first-order valence-electron chi connectivity index (χ1n) is 4.75. The fourth-order valence-electron chi connectivity index (χ4n) is 2.17. The van der Waals surface area contributed by atoms with Gasteiger partial charge in [-0.2, -0.15) is 16.8 Å². The molecule has 0 bridgehead atoms. The Balaban J connectivity index is 3.22. The predicted molar refractivity (Wildman–Crippen MR) is 56.5 cm³/mol. The van der Waals surface area contributed by atoms with Crippen molar-refractivity contribution in [3.8, 4) is 0 Å². The number of hydrogen-bond donors (Lipinski definition) is 4. The molecule has 0 aliphatic heterocycles. The maximum absolute atomic E-state index is 11.0. The van der Waals surface area contributed by atoms with Gasteiger partial charge in [-0.05, 0) is 12.3 Å². The molecule has 1 rings (SSSR count). The van der Waals surface area contributed by atoms with E-state index >= 15 is 0 Å². The molecule has 0 amide bonds. The standard InChI is InChI=1S/C7H14O8S2/c1-3-5(16(10,11)12)2-4(8)6(9)7(3)17(13,14)15/h3-9H,2H2,1H3,(H,10,11,12)(H,13,14,15). The van der Waals surface area contributed by atoms with E-state index in [1.807, 2.05) is 0 Å². The molecule has 17 heavy (non-hydrogen) atoms. The van der Waals surface area contributed by atoms with Gasteiger partial charge >= 0.3 is 0 Å². The average molecular weight is 290 g/mol. The van der Waals surface area contributed by atoms with E-state index < -0.39 is 55.3 Å². The highest BCUT2D eigenvalue weighted by molar-refractivity contribution is 7.87. The van der Waals surface area contributed by atoms with Crippen LogP contribution in [-0.2, 0) is 20.2 Å². The van der Waals surface area contributed by atoms with E-state index in [1.54, 1.807) is 0 Å². The third kappa shape index (κ3) is 2.95. The van der Waals surface area contributed by atoms with Crippen LogP contribution in [0.3, 0.4) is 0 Å². The average Bonchev–Trinajstić information content (AvgIpc) is 2.07. The van der Waals surface area contributed by atoms with E-state index in [0.717, 1.165) is 6.92 Å². The topological polar surface area (TPSA) is 149 Å². The minimum absolute atomic E-state index is 0.493. The van der Waals surface area contributed by atoms with Crippen molar-refractivity contribution in [1.82, 2.24) is 0 Å². The van der Waals surface area contributed by atoms with Crippen LogP contribution in [0.1, 0.15) is 13.3 Å². The van der Waals surface area contributed by atoms with Crippen LogP contribution in [0.5, 0.6) is 0 Å². The van der Waals surface area contributed by atoms with Crippen molar-refractivity contribution in [3.05, 3.63) is 0 Å². The van der Waals surface area contributed by atoms with Gasteiger partial charge in [0.2, 0.25) is 0 Å². The Kier molecular flexibility index (Phi) is 3.87. The number of aliphatic hydroxyl groups is 2. The lowest BCUT2D eigenvalue weighted by Crippen LogP contribution is -2.56. The van der Waals surface area contributed by atoms with Gasteiger partial charge in [0.05, 0.1) is 17.5 Å². The number of aliphatic hydroxyl groups excluding tert-OH is 2. The summed E-state index contributed by atoms with van der Waals surface area (Å²) in [5, 5.41) is 15.4. The van der Waals surface area contributed by atoms with Gasteiger partial charge in [0.1, 0.15) is 5.25 Å². The van der Waals surface area contributed by atoms with Gasteiger partial charge in [0.25, 0.3) is 20.2 Å². The first kappa shape index (κ1) is 14.8. The maximum atomic E-state index is 11.0. The highest BCUT2D eigenvalue weighted by Gasteiger charge is 2.51. The summed E-state index contributed by atoms with van der Waals surface area (Å²) in [6.07, 6.45) is -3.93. The molecule has 102 valence electrons. The van der Waals surface area contributed by atoms with Crippen molar-refractivity contribution >= 4 is 20.2 Å². The van der Waals surface area contributed by atoms with E-state index in [0.29, 0.717) is 0 Å². The predicted octanol–water partition coefficient (Wildman–Crippen LogP) is -1.74. The lowest BCUT2D eigenvalue weighted by atomic mass is 9.85. The Labute approximate surface area is 98.8 Å². The molecule has 1 fully saturated rings. The van der Waals surface area contributed by atoms with Gasteiger partial charge in [0.15, 0.2) is 0 Å². The lowest BCUT2D eigenvalue weighted by molar-refractivity contribution is -0.0203. The summed E-state index contributed by atoms with van der Waals surface area (Å²) in [6, 6.07) is 0. The van der Waals surface area contributed by atoms with Crippen molar-refractivity contribution in [2.24, 2.45) is 5.92 Å². The first-order chi connectivity index (χ1) is 7.46. The lowest BCUT2D eigenvalue weighted by Gasteiger charge is -2.38. The van der Waals surface area contributed by atoms with E-state index in [1.165, 1.54) is 0 Å². The zero-order chi connectivity index (χ0) is 13.6. The summed E-state index contributed by atoms with van der Waals surface area (Å²) in [4.78, 5) is 0. The molecule has 5 unspecified atom stereocenters. The molecule has 1 aliphatic carbocycles. The van der Waals surface area contributed by atoms with Gasteiger partial charge in [-0.15, -0.1) is 0 Å². The van der Waals surface area contributed by atoms with Crippen LogP contribution < -0.4 is 0 Å². The summed E-state index contributed by atoms with van der Waals surface area (Å²) in [7, 11) is -9.31. The summed E-state index contributed by atoms with van der Waals surface area (Å²) >= 11 is 0. The third-order valence-corrected chi connectivity index (χ3v) is 5.82. The molecule has 4 N–H and O–H groups in total. The van der Waals surface area contributed by atoms with Crippen LogP contribution in [0.4, 0.5) is 0 Å². The quantitative estimate of drug-likeness (QED) is 0.438. The highest BCUT2D eigenvalue weighted by Crippen LogP contribution is 2.33. The van der Waals surface area contributed by atoms with Crippen LogP contribution in [0.25, 0.3) is 0 Å². The normalized spacial score (nSPS) is 40.2. The number of hydrogen-bond acceptors (Lipinski definition) is 6. The zero-order valence-electron chi connectivity index (χ0n) is 8.83. The van der Waals surface area contributed by atoms with Crippen LogP contribution in [0, 0.1) is 5.92 Å². The fraction of sp³-hybridized carbons (Fsp3) is 1.00. The second kappa shape index (κ2) is 4.44. The minimum atomic E-state index is -4.74. The minimum Gasteiger partial charge on any atom is -0.390 e. The summed E-state index contributed by atoms with van der Waals surface area (Å²) in [5.74, 6) is -1.24. The molecule has 1 saturated carbocycles. The number of rotatable bonds is 2. The molecule has 5 atom stereocenters. The maximum Gasteiger partial charge on any atom is 0.270 e. The Morgan fingerprint density at radius 1 is 1.00 bits per heavy atom. The molecule has 0 spiro atoms. The Hall–Kier alpha value is -0.260. The molecule has 0 saturated heterocycles. The molecule has 0 radical (unpaired) electrons. The summed E-state index contributed by atoms with van der Waals surface area (Å²) < 4.78 is 61.9. The van der Waals surface area contributed by atoms with Crippen molar-refractivity contribution in [2.75, 3.05) is 0 Å². The smallest absolute Gasteiger partial charge is 0.270 e. The molecule has 0 heterocycles. The van der Waals surface area contributed by atoms with Crippen LogP contribution in [0.2, 0.25) is 0 Å². The Morgan fingerprint density at radius 2 is 1.47 bits per heavy atom. The summed E-state index contributed by atoms with van der Waals surface area (Å²) in [6.45, 7) is 1.16. The molecule has 0 aromatic heterocycles. The van der Waals surface area contributed by atoms with Gasteiger partial charge in [0, 0.05) is 0 Å².